The van der Waals surface area contributed by atoms with E-state index in [4.69, 9.17) is 10.5 Å². The lowest BCUT2D eigenvalue weighted by molar-refractivity contribution is -0.150. The Hall–Kier alpha value is -1.70. The Morgan fingerprint density at radius 2 is 1.59 bits per heavy atom. The third-order valence-electron chi connectivity index (χ3n) is 5.12. The number of Topliss-reactive ketones (excluding diaryl/α,β-unsaturated/α-hetero) is 1. The Bertz CT molecular complexity index is 564. The molecule has 8 heteroatoms. The number of carbonyl (C=O) groups is 2. The molecule has 2 rings (SSSR count). The fourth-order valence-corrected chi connectivity index (χ4v) is 3.01. The number of nitrogens with two attached hydrogens (primary N) is 1. The zero-order valence-electron chi connectivity index (χ0n) is 16.7. The van der Waals surface area contributed by atoms with Crippen LogP contribution >= 0.6 is 0 Å². The van der Waals surface area contributed by atoms with Crippen molar-refractivity contribution in [1.82, 2.24) is 0 Å². The average Bonchev–Trinajstić information content (AvgIpc) is 3.53. The summed E-state index contributed by atoms with van der Waals surface area (Å²) in [7, 11) is 0. The molecule has 0 amide bonds. The van der Waals surface area contributed by atoms with E-state index in [2.05, 4.69) is 20.5 Å². The number of hydrogen-bond donors (Lipinski definition) is 1. The largest absolute Gasteiger partial charge is 0.465 e. The van der Waals surface area contributed by atoms with E-state index < -0.39 is 0 Å². The van der Waals surface area contributed by atoms with E-state index in [1.54, 1.807) is 0 Å². The summed E-state index contributed by atoms with van der Waals surface area (Å²) < 4.78 is 5.38. The normalized spacial score (nSPS) is 18.9. The van der Waals surface area contributed by atoms with Crippen LogP contribution in [0.15, 0.2) is 20.5 Å². The highest BCUT2D eigenvalue weighted by atomic mass is 16.5. The molecule has 2 aliphatic rings. The van der Waals surface area contributed by atoms with Gasteiger partial charge >= 0.3 is 5.97 Å². The van der Waals surface area contributed by atoms with Crippen LogP contribution < -0.4 is 5.73 Å². The summed E-state index contributed by atoms with van der Waals surface area (Å²) in [5.41, 5.74) is 5.01. The fraction of sp³-hybridized carbons (Fsp3) is 0.895. The highest BCUT2D eigenvalue weighted by Gasteiger charge is 2.34. The van der Waals surface area contributed by atoms with Crippen LogP contribution in [-0.2, 0) is 14.3 Å². The summed E-state index contributed by atoms with van der Waals surface area (Å²) in [6.45, 7) is 4.80. The number of carbonyl (C=O) groups excluding carboxylic acids is 2. The molecule has 8 nitrogen and oxygen atoms in total. The van der Waals surface area contributed by atoms with Crippen molar-refractivity contribution in [2.75, 3.05) is 13.2 Å². The number of nitrogens with zero attached hydrogens (tertiary/aromatic N) is 4. The quantitative estimate of drug-likeness (QED) is 0.322. The van der Waals surface area contributed by atoms with Crippen molar-refractivity contribution in [3.05, 3.63) is 0 Å². The molecule has 0 radical (unpaired) electrons. The van der Waals surface area contributed by atoms with Gasteiger partial charge in [0.05, 0.1) is 12.5 Å². The van der Waals surface area contributed by atoms with Gasteiger partial charge in [-0.1, -0.05) is 12.8 Å². The van der Waals surface area contributed by atoms with E-state index in [1.165, 1.54) is 0 Å². The van der Waals surface area contributed by atoms with Crippen molar-refractivity contribution < 1.29 is 14.3 Å². The van der Waals surface area contributed by atoms with Crippen LogP contribution in [0.2, 0.25) is 0 Å². The maximum Gasteiger partial charge on any atom is 0.309 e. The molecule has 0 saturated heterocycles. The summed E-state index contributed by atoms with van der Waals surface area (Å²) in [4.78, 5) is 24.7. The minimum absolute atomic E-state index is 0.135. The smallest absolute Gasteiger partial charge is 0.309 e. The molecule has 0 saturated carbocycles. The Morgan fingerprint density at radius 1 is 0.926 bits per heavy atom. The third-order valence-corrected chi connectivity index (χ3v) is 5.12. The van der Waals surface area contributed by atoms with Gasteiger partial charge in [0.15, 0.2) is 11.3 Å². The van der Waals surface area contributed by atoms with Crippen LogP contribution in [0.1, 0.15) is 78.1 Å². The van der Waals surface area contributed by atoms with E-state index in [9.17, 15) is 9.59 Å². The highest BCUT2D eigenvalue weighted by Crippen LogP contribution is 2.33. The van der Waals surface area contributed by atoms with Gasteiger partial charge in [-0.15, -0.1) is 0 Å². The van der Waals surface area contributed by atoms with Gasteiger partial charge in [-0.3, -0.25) is 9.59 Å². The maximum atomic E-state index is 12.4. The first-order chi connectivity index (χ1) is 12.9. The van der Waals surface area contributed by atoms with Gasteiger partial charge in [-0.25, -0.2) is 0 Å². The number of hydrogen-bond acceptors (Lipinski definition) is 8. The zero-order valence-corrected chi connectivity index (χ0v) is 16.7. The van der Waals surface area contributed by atoms with Gasteiger partial charge in [-0.2, -0.15) is 20.5 Å². The molecule has 2 heterocycles. The molecule has 152 valence electrons. The highest BCUT2D eigenvalue weighted by molar-refractivity contribution is 5.84. The Balaban J connectivity index is 1.64. The first kappa shape index (κ1) is 21.6. The second-order valence-electron chi connectivity index (χ2n) is 8.04. The number of esters is 1. The predicted molar refractivity (Wildman–Crippen MR) is 101 cm³/mol. The predicted octanol–water partition coefficient (Wildman–Crippen LogP) is 3.94. The molecule has 0 aromatic heterocycles. The Labute approximate surface area is 161 Å². The van der Waals surface area contributed by atoms with Crippen molar-refractivity contribution >= 4 is 11.8 Å². The second-order valence-corrected chi connectivity index (χ2v) is 8.04. The lowest BCUT2D eigenvalue weighted by Gasteiger charge is -2.16. The van der Waals surface area contributed by atoms with Crippen molar-refractivity contribution in [1.29, 1.82) is 0 Å². The van der Waals surface area contributed by atoms with Gasteiger partial charge in [0.2, 0.25) is 0 Å². The van der Waals surface area contributed by atoms with E-state index in [0.717, 1.165) is 38.5 Å². The standard InChI is InChI=1S/C19H33N5O3/c1-18(21-22-18)10-6-3-4-9-16(25)14-15(8-5-7-12-20)17(26)27-13-11-19(2)23-24-19/h15H,3-14,20H2,1-2H3/t15-/m1/s1. The monoisotopic (exact) mass is 379 g/mol. The summed E-state index contributed by atoms with van der Waals surface area (Å²) in [5, 5.41) is 15.8. The molecule has 0 spiro atoms. The van der Waals surface area contributed by atoms with Crippen LogP contribution in [0.3, 0.4) is 0 Å². The van der Waals surface area contributed by atoms with Crippen LogP contribution in [0.25, 0.3) is 0 Å². The van der Waals surface area contributed by atoms with Gasteiger partial charge in [0.25, 0.3) is 0 Å². The molecule has 0 aliphatic carbocycles. The fourth-order valence-electron chi connectivity index (χ4n) is 3.01. The molecule has 0 fully saturated rings. The van der Waals surface area contributed by atoms with E-state index >= 15 is 0 Å². The summed E-state index contributed by atoms with van der Waals surface area (Å²) in [5.74, 6) is -0.515. The van der Waals surface area contributed by atoms with Crippen LogP contribution in [0.5, 0.6) is 0 Å². The molecule has 2 aliphatic heterocycles. The summed E-state index contributed by atoms with van der Waals surface area (Å²) in [6, 6.07) is 0. The van der Waals surface area contributed by atoms with E-state index in [1.807, 2.05) is 13.8 Å². The van der Waals surface area contributed by atoms with E-state index in [0.29, 0.717) is 32.4 Å². The lowest BCUT2D eigenvalue weighted by atomic mass is 9.94. The Kier molecular flexibility index (Phi) is 8.01. The van der Waals surface area contributed by atoms with Crippen LogP contribution in [-0.4, -0.2) is 36.2 Å². The van der Waals surface area contributed by atoms with E-state index in [-0.39, 0.29) is 35.4 Å². The molecular weight excluding hydrogens is 346 g/mol. The SMILES string of the molecule is CC1(CCCCCC(=O)C[C@@H](CCCCN)C(=O)OCCC2(C)N=N2)N=N1. The minimum Gasteiger partial charge on any atom is -0.465 e. The number of ether oxygens (including phenoxy) is 1. The summed E-state index contributed by atoms with van der Waals surface area (Å²) in [6.07, 6.45) is 7.51. The topological polar surface area (TPSA) is 119 Å². The van der Waals surface area contributed by atoms with Gasteiger partial charge < -0.3 is 10.5 Å². The zero-order chi connectivity index (χ0) is 19.8. The molecule has 1 atom stereocenters. The van der Waals surface area contributed by atoms with Crippen molar-refractivity contribution in [3.8, 4) is 0 Å². The lowest BCUT2D eigenvalue weighted by Crippen LogP contribution is -2.23. The van der Waals surface area contributed by atoms with Crippen molar-refractivity contribution in [2.24, 2.45) is 32.1 Å². The number of unbranched alkanes of at least 4 members (excludes halogenated alkanes) is 3. The van der Waals surface area contributed by atoms with Gasteiger partial charge in [-0.05, 0) is 52.5 Å². The number of ketones is 1. The minimum atomic E-state index is -0.372. The third kappa shape index (κ3) is 8.69. The number of rotatable bonds is 16. The van der Waals surface area contributed by atoms with Crippen molar-refractivity contribution in [3.63, 3.8) is 0 Å². The molecule has 27 heavy (non-hydrogen) atoms. The molecule has 0 aromatic rings. The molecule has 0 bridgehead atoms. The molecular formula is C19H33N5O3. The van der Waals surface area contributed by atoms with Gasteiger partial charge in [0, 0.05) is 19.3 Å². The average molecular weight is 380 g/mol. The molecule has 2 N–H and O–H groups in total. The molecule has 0 aromatic carbocycles. The first-order valence-corrected chi connectivity index (χ1v) is 10.1. The second kappa shape index (κ2) is 10.0. The van der Waals surface area contributed by atoms with Crippen molar-refractivity contribution in [2.45, 2.75) is 89.4 Å². The summed E-state index contributed by atoms with van der Waals surface area (Å²) >= 11 is 0. The molecule has 0 unspecified atom stereocenters. The van der Waals surface area contributed by atoms with Crippen LogP contribution in [0.4, 0.5) is 0 Å². The van der Waals surface area contributed by atoms with Gasteiger partial charge in [0.1, 0.15) is 5.78 Å². The van der Waals surface area contributed by atoms with Crippen LogP contribution in [0, 0.1) is 5.92 Å². The maximum absolute atomic E-state index is 12.4. The first-order valence-electron chi connectivity index (χ1n) is 10.1. The Morgan fingerprint density at radius 3 is 2.22 bits per heavy atom.